The molecule has 0 aromatic heterocycles. The van der Waals surface area contributed by atoms with E-state index in [4.69, 9.17) is 5.41 Å². The fourth-order valence-electron chi connectivity index (χ4n) is 2.01. The molecular formula is C12H24N2. The molecule has 1 rings (SSSR count). The molecular weight excluding hydrogens is 172 g/mol. The van der Waals surface area contributed by atoms with Gasteiger partial charge in [0, 0.05) is 18.5 Å². The Kier molecular flexibility index (Phi) is 3.57. The zero-order valence-corrected chi connectivity index (χ0v) is 10.1. The minimum absolute atomic E-state index is 0.0918. The molecule has 2 nitrogen and oxygen atoms in total. The normalized spacial score (nSPS) is 19.4. The van der Waals surface area contributed by atoms with Crippen LogP contribution in [0.15, 0.2) is 0 Å². The molecule has 0 radical (unpaired) electrons. The van der Waals surface area contributed by atoms with Crippen molar-refractivity contribution in [3.8, 4) is 0 Å². The standard InChI is InChI=1S/C12H24N2/c1-12(2,3)14(4)11(13)10-8-6-5-7-9-10/h10,13H,5-9H2,1-4H3. The molecule has 82 valence electrons. The number of nitrogens with zero attached hydrogens (tertiary/aromatic N) is 1. The second kappa shape index (κ2) is 4.33. The Bertz CT molecular complexity index is 197. The molecule has 0 amide bonds. The van der Waals surface area contributed by atoms with E-state index in [-0.39, 0.29) is 5.54 Å². The van der Waals surface area contributed by atoms with Crippen molar-refractivity contribution in [2.24, 2.45) is 5.92 Å². The molecule has 1 aliphatic carbocycles. The average molecular weight is 196 g/mol. The van der Waals surface area contributed by atoms with Crippen molar-refractivity contribution in [2.75, 3.05) is 7.05 Å². The topological polar surface area (TPSA) is 27.1 Å². The maximum absolute atomic E-state index is 8.17. The smallest absolute Gasteiger partial charge is 0.0991 e. The van der Waals surface area contributed by atoms with Gasteiger partial charge in [0.25, 0.3) is 0 Å². The van der Waals surface area contributed by atoms with Crippen molar-refractivity contribution in [3.63, 3.8) is 0 Å². The van der Waals surface area contributed by atoms with Crippen LogP contribution in [0, 0.1) is 11.3 Å². The maximum atomic E-state index is 8.17. The lowest BCUT2D eigenvalue weighted by Gasteiger charge is -2.38. The fraction of sp³-hybridized carbons (Fsp3) is 0.917. The molecule has 1 fully saturated rings. The van der Waals surface area contributed by atoms with Crippen LogP contribution in [-0.2, 0) is 0 Å². The van der Waals surface area contributed by atoms with Gasteiger partial charge in [-0.15, -0.1) is 0 Å². The molecule has 0 bridgehead atoms. The molecule has 0 aliphatic heterocycles. The quantitative estimate of drug-likeness (QED) is 0.506. The van der Waals surface area contributed by atoms with Crippen LogP contribution in [0.25, 0.3) is 0 Å². The minimum Gasteiger partial charge on any atom is -0.359 e. The Hall–Kier alpha value is -0.530. The van der Waals surface area contributed by atoms with Gasteiger partial charge >= 0.3 is 0 Å². The SMILES string of the molecule is CN(C(=N)C1CCCCC1)C(C)(C)C. The second-order valence-corrected chi connectivity index (χ2v) is 5.45. The molecule has 0 heterocycles. The van der Waals surface area contributed by atoms with Gasteiger partial charge in [0.05, 0.1) is 5.84 Å². The van der Waals surface area contributed by atoms with Gasteiger partial charge < -0.3 is 4.90 Å². The summed E-state index contributed by atoms with van der Waals surface area (Å²) >= 11 is 0. The molecule has 0 unspecified atom stereocenters. The third-order valence-corrected chi connectivity index (χ3v) is 3.36. The third kappa shape index (κ3) is 2.73. The second-order valence-electron chi connectivity index (χ2n) is 5.45. The van der Waals surface area contributed by atoms with Gasteiger partial charge in [-0.3, -0.25) is 5.41 Å². The Morgan fingerprint density at radius 1 is 1.14 bits per heavy atom. The van der Waals surface area contributed by atoms with Gasteiger partial charge in [0.2, 0.25) is 0 Å². The predicted octanol–water partition coefficient (Wildman–Crippen LogP) is 3.27. The molecule has 0 saturated heterocycles. The van der Waals surface area contributed by atoms with Crippen molar-refractivity contribution in [1.82, 2.24) is 4.90 Å². The van der Waals surface area contributed by atoms with Crippen LogP contribution < -0.4 is 0 Å². The summed E-state index contributed by atoms with van der Waals surface area (Å²) in [7, 11) is 2.05. The van der Waals surface area contributed by atoms with Crippen molar-refractivity contribution in [1.29, 1.82) is 5.41 Å². The summed E-state index contributed by atoms with van der Waals surface area (Å²) in [6, 6.07) is 0. The first kappa shape index (κ1) is 11.5. The van der Waals surface area contributed by atoms with E-state index in [9.17, 15) is 0 Å². The lowest BCUT2D eigenvalue weighted by Crippen LogP contribution is -2.45. The zero-order chi connectivity index (χ0) is 10.8. The molecule has 0 atom stereocenters. The first-order valence-corrected chi connectivity index (χ1v) is 5.75. The monoisotopic (exact) mass is 196 g/mol. The molecule has 2 heteroatoms. The van der Waals surface area contributed by atoms with Crippen molar-refractivity contribution in [2.45, 2.75) is 58.4 Å². The van der Waals surface area contributed by atoms with E-state index in [2.05, 4.69) is 32.7 Å². The summed E-state index contributed by atoms with van der Waals surface area (Å²) in [5.74, 6) is 1.37. The van der Waals surface area contributed by atoms with E-state index in [0.29, 0.717) is 5.92 Å². The summed E-state index contributed by atoms with van der Waals surface area (Å²) < 4.78 is 0. The van der Waals surface area contributed by atoms with Crippen LogP contribution in [0.4, 0.5) is 0 Å². The molecule has 0 aromatic rings. The Morgan fingerprint density at radius 2 is 1.64 bits per heavy atom. The van der Waals surface area contributed by atoms with Crippen molar-refractivity contribution < 1.29 is 0 Å². The summed E-state index contributed by atoms with van der Waals surface area (Å²) in [5, 5.41) is 8.17. The molecule has 14 heavy (non-hydrogen) atoms. The number of hydrogen-bond donors (Lipinski definition) is 1. The number of hydrogen-bond acceptors (Lipinski definition) is 1. The van der Waals surface area contributed by atoms with Crippen LogP contribution in [0.1, 0.15) is 52.9 Å². The van der Waals surface area contributed by atoms with Crippen molar-refractivity contribution in [3.05, 3.63) is 0 Å². The van der Waals surface area contributed by atoms with Gasteiger partial charge in [-0.25, -0.2) is 0 Å². The van der Waals surface area contributed by atoms with Crippen LogP contribution in [0.3, 0.4) is 0 Å². The highest BCUT2D eigenvalue weighted by Gasteiger charge is 2.26. The van der Waals surface area contributed by atoms with Gasteiger partial charge in [-0.05, 0) is 33.6 Å². The highest BCUT2D eigenvalue weighted by Crippen LogP contribution is 2.27. The highest BCUT2D eigenvalue weighted by molar-refractivity contribution is 5.82. The van der Waals surface area contributed by atoms with E-state index in [1.807, 2.05) is 0 Å². The molecule has 0 aromatic carbocycles. The van der Waals surface area contributed by atoms with Gasteiger partial charge in [-0.2, -0.15) is 0 Å². The van der Waals surface area contributed by atoms with Gasteiger partial charge in [-0.1, -0.05) is 19.3 Å². The molecule has 1 aliphatic rings. The van der Waals surface area contributed by atoms with E-state index in [1.165, 1.54) is 32.1 Å². The zero-order valence-electron chi connectivity index (χ0n) is 10.1. The van der Waals surface area contributed by atoms with Crippen LogP contribution in [0.5, 0.6) is 0 Å². The van der Waals surface area contributed by atoms with E-state index in [1.54, 1.807) is 0 Å². The molecule has 0 spiro atoms. The summed E-state index contributed by atoms with van der Waals surface area (Å²) in [6.45, 7) is 6.51. The Labute approximate surface area is 88.2 Å². The van der Waals surface area contributed by atoms with Crippen LogP contribution in [0.2, 0.25) is 0 Å². The Balaban J connectivity index is 2.55. The van der Waals surface area contributed by atoms with E-state index >= 15 is 0 Å². The van der Waals surface area contributed by atoms with Crippen LogP contribution in [-0.4, -0.2) is 23.3 Å². The lowest BCUT2D eigenvalue weighted by molar-refractivity contribution is 0.256. The molecule has 1 N–H and O–H groups in total. The van der Waals surface area contributed by atoms with Gasteiger partial charge in [0.15, 0.2) is 0 Å². The van der Waals surface area contributed by atoms with E-state index < -0.39 is 0 Å². The minimum atomic E-state index is 0.0918. The Morgan fingerprint density at radius 3 is 2.07 bits per heavy atom. The first-order chi connectivity index (χ1) is 6.43. The largest absolute Gasteiger partial charge is 0.359 e. The fourth-order valence-corrected chi connectivity index (χ4v) is 2.01. The summed E-state index contributed by atoms with van der Waals surface area (Å²) in [5.41, 5.74) is 0.0918. The van der Waals surface area contributed by atoms with Gasteiger partial charge in [0.1, 0.15) is 0 Å². The predicted molar refractivity (Wildman–Crippen MR) is 61.8 cm³/mol. The molecule has 1 saturated carbocycles. The average Bonchev–Trinajstić information content (AvgIpc) is 2.15. The van der Waals surface area contributed by atoms with E-state index in [0.717, 1.165) is 5.84 Å². The summed E-state index contributed by atoms with van der Waals surface area (Å²) in [6.07, 6.45) is 6.43. The van der Waals surface area contributed by atoms with Crippen molar-refractivity contribution >= 4 is 5.84 Å². The first-order valence-electron chi connectivity index (χ1n) is 5.75. The number of nitrogens with one attached hydrogen (secondary N) is 1. The number of rotatable bonds is 1. The third-order valence-electron chi connectivity index (χ3n) is 3.36. The summed E-state index contributed by atoms with van der Waals surface area (Å²) in [4.78, 5) is 2.13. The van der Waals surface area contributed by atoms with Crippen LogP contribution >= 0.6 is 0 Å². The lowest BCUT2D eigenvalue weighted by atomic mass is 9.87. The highest BCUT2D eigenvalue weighted by atomic mass is 15.2. The number of amidine groups is 1. The maximum Gasteiger partial charge on any atom is 0.0991 e.